The van der Waals surface area contributed by atoms with Crippen LogP contribution in [-0.2, 0) is 11.2 Å². The molecule has 0 aliphatic heterocycles. The van der Waals surface area contributed by atoms with E-state index < -0.39 is 5.97 Å². The smallest absolute Gasteiger partial charge is 0.342 e. The molecular formula is C16H22O4. The van der Waals surface area contributed by atoms with Crippen molar-refractivity contribution in [2.75, 3.05) is 0 Å². The molecule has 2 atom stereocenters. The molecule has 2 N–H and O–H groups in total. The molecule has 0 saturated carbocycles. The summed E-state index contributed by atoms with van der Waals surface area (Å²) in [6.45, 7) is 7.52. The monoisotopic (exact) mass is 278 g/mol. The molecule has 0 spiro atoms. The molecule has 0 aliphatic rings. The van der Waals surface area contributed by atoms with Gasteiger partial charge in [0.25, 0.3) is 0 Å². The number of aryl methyl sites for hydroxylation is 1. The molecule has 1 aromatic rings. The molecule has 0 saturated heterocycles. The lowest BCUT2D eigenvalue weighted by atomic mass is 10.0. The van der Waals surface area contributed by atoms with E-state index in [9.17, 15) is 15.0 Å². The van der Waals surface area contributed by atoms with Crippen molar-refractivity contribution >= 4 is 5.97 Å². The highest BCUT2D eigenvalue weighted by Crippen LogP contribution is 2.29. The summed E-state index contributed by atoms with van der Waals surface area (Å²) in [5.74, 6) is -0.791. The van der Waals surface area contributed by atoms with Gasteiger partial charge in [-0.05, 0) is 31.9 Å². The minimum absolute atomic E-state index is 0.0637. The number of phenolic OH excluding ortho intramolecular Hbond substituents is 2. The number of benzene rings is 1. The highest BCUT2D eigenvalue weighted by Gasteiger charge is 2.22. The number of aromatic hydroxyl groups is 2. The Kier molecular flexibility index (Phi) is 5.62. The third-order valence-electron chi connectivity index (χ3n) is 3.30. The maximum atomic E-state index is 12.2. The second-order valence-corrected chi connectivity index (χ2v) is 4.85. The van der Waals surface area contributed by atoms with Crippen LogP contribution in [0.2, 0.25) is 0 Å². The highest BCUT2D eigenvalue weighted by atomic mass is 16.5. The van der Waals surface area contributed by atoms with E-state index in [-0.39, 0.29) is 29.1 Å². The lowest BCUT2D eigenvalue weighted by molar-refractivity contribution is 0.0262. The van der Waals surface area contributed by atoms with E-state index in [1.165, 1.54) is 6.07 Å². The van der Waals surface area contributed by atoms with Crippen LogP contribution in [0, 0.1) is 5.92 Å². The first-order valence-corrected chi connectivity index (χ1v) is 6.79. The second kappa shape index (κ2) is 6.98. The number of carbonyl (C=O) groups excluding carboxylic acids is 1. The summed E-state index contributed by atoms with van der Waals surface area (Å²) in [4.78, 5) is 12.2. The number of rotatable bonds is 5. The number of ether oxygens (including phenoxy) is 1. The first-order chi connectivity index (χ1) is 9.40. The molecule has 1 unspecified atom stereocenters. The minimum atomic E-state index is -0.566. The third-order valence-corrected chi connectivity index (χ3v) is 3.30. The van der Waals surface area contributed by atoms with E-state index in [2.05, 4.69) is 0 Å². The van der Waals surface area contributed by atoms with Crippen molar-refractivity contribution in [1.82, 2.24) is 0 Å². The molecule has 4 nitrogen and oxygen atoms in total. The van der Waals surface area contributed by atoms with Gasteiger partial charge in [-0.15, -0.1) is 0 Å². The van der Waals surface area contributed by atoms with Crippen molar-refractivity contribution in [2.45, 2.75) is 40.2 Å². The summed E-state index contributed by atoms with van der Waals surface area (Å²) < 4.78 is 5.38. The summed E-state index contributed by atoms with van der Waals surface area (Å²) in [5.41, 5.74) is 0.697. The minimum Gasteiger partial charge on any atom is -0.508 e. The zero-order valence-electron chi connectivity index (χ0n) is 12.4. The number of hydrogen-bond donors (Lipinski definition) is 2. The highest BCUT2D eigenvalue weighted by molar-refractivity contribution is 5.94. The molecule has 1 aromatic carbocycles. The summed E-state index contributed by atoms with van der Waals surface area (Å²) in [5, 5.41) is 19.3. The fourth-order valence-electron chi connectivity index (χ4n) is 1.98. The molecule has 0 fully saturated rings. The van der Waals surface area contributed by atoms with Gasteiger partial charge < -0.3 is 14.9 Å². The van der Waals surface area contributed by atoms with Crippen LogP contribution in [0.15, 0.2) is 24.3 Å². The van der Waals surface area contributed by atoms with Crippen molar-refractivity contribution in [3.05, 3.63) is 35.4 Å². The topological polar surface area (TPSA) is 66.8 Å². The third kappa shape index (κ3) is 3.76. The van der Waals surface area contributed by atoms with Crippen LogP contribution in [0.3, 0.4) is 0 Å². The van der Waals surface area contributed by atoms with Crippen LogP contribution in [0.5, 0.6) is 11.5 Å². The average molecular weight is 278 g/mol. The average Bonchev–Trinajstić information content (AvgIpc) is 2.37. The number of hydrogen-bond acceptors (Lipinski definition) is 4. The van der Waals surface area contributed by atoms with Gasteiger partial charge in [0.15, 0.2) is 0 Å². The quantitative estimate of drug-likeness (QED) is 0.639. The Labute approximate surface area is 119 Å². The standard InChI is InChI=1S/C16H22O4/c1-5-7-10(3)11(4)20-16(19)15-12(6-2)8-13(17)9-14(15)18/h5,7-11,17-18H,6H2,1-4H3/b7-5+/t10?,11-/m1/s1. The van der Waals surface area contributed by atoms with E-state index in [0.717, 1.165) is 6.07 Å². The SMILES string of the molecule is C/C=C/C(C)[C@@H](C)OC(=O)c1c(O)cc(O)cc1CC. The van der Waals surface area contributed by atoms with Crippen LogP contribution >= 0.6 is 0 Å². The maximum absolute atomic E-state index is 12.2. The summed E-state index contributed by atoms with van der Waals surface area (Å²) >= 11 is 0. The number of carbonyl (C=O) groups is 1. The van der Waals surface area contributed by atoms with Crippen LogP contribution in [-0.4, -0.2) is 22.3 Å². The predicted molar refractivity (Wildman–Crippen MR) is 78.0 cm³/mol. The molecule has 0 aliphatic carbocycles. The Morgan fingerprint density at radius 1 is 1.35 bits per heavy atom. The van der Waals surface area contributed by atoms with Gasteiger partial charge in [0, 0.05) is 12.0 Å². The van der Waals surface area contributed by atoms with E-state index in [4.69, 9.17) is 4.74 Å². The maximum Gasteiger partial charge on any atom is 0.342 e. The first-order valence-electron chi connectivity index (χ1n) is 6.79. The van der Waals surface area contributed by atoms with Gasteiger partial charge >= 0.3 is 5.97 Å². The zero-order chi connectivity index (χ0) is 15.3. The van der Waals surface area contributed by atoms with Crippen LogP contribution in [0.25, 0.3) is 0 Å². The van der Waals surface area contributed by atoms with Crippen molar-refractivity contribution in [1.29, 1.82) is 0 Å². The zero-order valence-corrected chi connectivity index (χ0v) is 12.4. The van der Waals surface area contributed by atoms with Gasteiger partial charge in [0.2, 0.25) is 0 Å². The number of esters is 1. The molecule has 1 rings (SSSR count). The van der Waals surface area contributed by atoms with Crippen LogP contribution in [0.1, 0.15) is 43.6 Å². The van der Waals surface area contributed by atoms with Crippen LogP contribution < -0.4 is 0 Å². The fraction of sp³-hybridized carbons (Fsp3) is 0.438. The molecule has 0 radical (unpaired) electrons. The summed E-state index contributed by atoms with van der Waals surface area (Å²) in [7, 11) is 0. The molecule has 0 bridgehead atoms. The Morgan fingerprint density at radius 3 is 2.55 bits per heavy atom. The van der Waals surface area contributed by atoms with E-state index in [0.29, 0.717) is 12.0 Å². The number of allylic oxidation sites excluding steroid dienone is 1. The van der Waals surface area contributed by atoms with E-state index >= 15 is 0 Å². The van der Waals surface area contributed by atoms with Crippen molar-refractivity contribution in [3.63, 3.8) is 0 Å². The van der Waals surface area contributed by atoms with E-state index in [1.807, 2.05) is 39.8 Å². The molecule has 0 heterocycles. The largest absolute Gasteiger partial charge is 0.508 e. The van der Waals surface area contributed by atoms with Gasteiger partial charge in [0.1, 0.15) is 23.2 Å². The molecule has 0 aromatic heterocycles. The van der Waals surface area contributed by atoms with Gasteiger partial charge in [0.05, 0.1) is 0 Å². The summed E-state index contributed by atoms with van der Waals surface area (Å²) in [6, 6.07) is 2.62. The fourth-order valence-corrected chi connectivity index (χ4v) is 1.98. The van der Waals surface area contributed by atoms with Gasteiger partial charge in [-0.1, -0.05) is 26.0 Å². The van der Waals surface area contributed by atoms with Crippen molar-refractivity contribution in [3.8, 4) is 11.5 Å². The normalized spacial score (nSPS) is 14.2. The molecular weight excluding hydrogens is 256 g/mol. The van der Waals surface area contributed by atoms with Gasteiger partial charge in [-0.25, -0.2) is 4.79 Å². The number of phenols is 2. The lowest BCUT2D eigenvalue weighted by Crippen LogP contribution is -2.21. The Balaban J connectivity index is 2.98. The Bertz CT molecular complexity index is 505. The molecule has 20 heavy (non-hydrogen) atoms. The predicted octanol–water partition coefficient (Wildman–Crippen LogP) is 3.42. The van der Waals surface area contributed by atoms with Gasteiger partial charge in [-0.2, -0.15) is 0 Å². The van der Waals surface area contributed by atoms with Crippen molar-refractivity contribution < 1.29 is 19.7 Å². The van der Waals surface area contributed by atoms with Crippen LogP contribution in [0.4, 0.5) is 0 Å². The Morgan fingerprint density at radius 2 is 2.00 bits per heavy atom. The first kappa shape index (κ1) is 16.1. The Hall–Kier alpha value is -1.97. The molecule has 110 valence electrons. The molecule has 0 amide bonds. The lowest BCUT2D eigenvalue weighted by Gasteiger charge is -2.19. The van der Waals surface area contributed by atoms with E-state index in [1.54, 1.807) is 0 Å². The molecule has 4 heteroatoms. The second-order valence-electron chi connectivity index (χ2n) is 4.85. The summed E-state index contributed by atoms with van der Waals surface area (Å²) in [6.07, 6.45) is 4.09. The van der Waals surface area contributed by atoms with Gasteiger partial charge in [-0.3, -0.25) is 0 Å². The van der Waals surface area contributed by atoms with Crippen molar-refractivity contribution in [2.24, 2.45) is 5.92 Å².